The van der Waals surface area contributed by atoms with Crippen LogP contribution in [0.15, 0.2) is 53.0 Å². The van der Waals surface area contributed by atoms with Crippen molar-refractivity contribution in [2.75, 3.05) is 11.9 Å². The molecular weight excluding hydrogens is 362 g/mol. The molecule has 2 heterocycles. The van der Waals surface area contributed by atoms with E-state index in [1.54, 1.807) is 0 Å². The van der Waals surface area contributed by atoms with E-state index in [1.807, 2.05) is 0 Å². The average molecular weight is 382 g/mol. The number of fused-ring (bicyclic) bond motifs is 1. The number of para-hydroxylation sites is 1. The zero-order chi connectivity index (χ0) is 16.7. The smallest absolute Gasteiger partial charge is 0.133 e. The van der Waals surface area contributed by atoms with Crippen molar-refractivity contribution in [2.45, 2.75) is 26.2 Å². The summed E-state index contributed by atoms with van der Waals surface area (Å²) in [5, 5.41) is 8.51. The van der Waals surface area contributed by atoms with E-state index in [-0.39, 0.29) is 0 Å². The van der Waals surface area contributed by atoms with Crippen LogP contribution in [0, 0.1) is 0 Å². The maximum atomic E-state index is 4.98. The van der Waals surface area contributed by atoms with Gasteiger partial charge in [0.05, 0.1) is 11.4 Å². The van der Waals surface area contributed by atoms with Crippen molar-refractivity contribution in [1.82, 2.24) is 9.78 Å². The van der Waals surface area contributed by atoms with E-state index in [9.17, 15) is 0 Å². The molecule has 1 N–H and O–H groups in total. The molecule has 1 aliphatic rings. The van der Waals surface area contributed by atoms with Gasteiger partial charge < -0.3 is 5.32 Å². The molecule has 0 spiro atoms. The molecule has 4 heteroatoms. The molecule has 24 heavy (non-hydrogen) atoms. The Balaban J connectivity index is 1.90. The van der Waals surface area contributed by atoms with E-state index in [0.29, 0.717) is 5.92 Å². The van der Waals surface area contributed by atoms with Gasteiger partial charge in [0, 0.05) is 22.1 Å². The number of halogens is 1. The van der Waals surface area contributed by atoms with Crippen LogP contribution in [0.2, 0.25) is 0 Å². The van der Waals surface area contributed by atoms with E-state index < -0.39 is 0 Å². The van der Waals surface area contributed by atoms with E-state index in [2.05, 4.69) is 88.3 Å². The number of nitrogens with one attached hydrogen (secondary N) is 1. The summed E-state index contributed by atoms with van der Waals surface area (Å²) in [5.41, 5.74) is 6.05. The quantitative estimate of drug-likeness (QED) is 0.658. The number of rotatable bonds is 3. The Morgan fingerprint density at radius 3 is 2.58 bits per heavy atom. The van der Waals surface area contributed by atoms with E-state index in [4.69, 9.17) is 5.10 Å². The molecule has 122 valence electrons. The first-order valence-corrected chi connectivity index (χ1v) is 9.15. The van der Waals surface area contributed by atoms with Crippen LogP contribution in [0.4, 0.5) is 5.82 Å². The molecule has 0 radical (unpaired) electrons. The summed E-state index contributed by atoms with van der Waals surface area (Å²) in [6.07, 6.45) is 1.02. The Kier molecular flexibility index (Phi) is 3.93. The predicted molar refractivity (Wildman–Crippen MR) is 103 cm³/mol. The van der Waals surface area contributed by atoms with Gasteiger partial charge in [-0.3, -0.25) is 0 Å². The van der Waals surface area contributed by atoms with Gasteiger partial charge in [0.25, 0.3) is 0 Å². The maximum Gasteiger partial charge on any atom is 0.133 e. The lowest BCUT2D eigenvalue weighted by molar-refractivity contribution is 0.812. The zero-order valence-corrected chi connectivity index (χ0v) is 15.5. The SMILES string of the molecule is CC(C)c1ccccc1-n1nc(-c2ccc(Br)cc2)c2c1NCC2. The molecule has 0 fully saturated rings. The van der Waals surface area contributed by atoms with Gasteiger partial charge in [-0.2, -0.15) is 5.10 Å². The fraction of sp³-hybridized carbons (Fsp3) is 0.250. The summed E-state index contributed by atoms with van der Waals surface area (Å²) in [4.78, 5) is 0. The number of hydrogen-bond donors (Lipinski definition) is 1. The lowest BCUT2D eigenvalue weighted by Gasteiger charge is -2.14. The van der Waals surface area contributed by atoms with Crippen molar-refractivity contribution in [3.8, 4) is 16.9 Å². The highest BCUT2D eigenvalue weighted by molar-refractivity contribution is 9.10. The minimum absolute atomic E-state index is 0.457. The number of anilines is 1. The van der Waals surface area contributed by atoms with Crippen molar-refractivity contribution in [3.05, 3.63) is 64.1 Å². The highest BCUT2D eigenvalue weighted by Gasteiger charge is 2.25. The number of aromatic nitrogens is 2. The van der Waals surface area contributed by atoms with Crippen molar-refractivity contribution < 1.29 is 0 Å². The molecule has 1 aliphatic heterocycles. The van der Waals surface area contributed by atoms with Crippen LogP contribution in [0.25, 0.3) is 16.9 Å². The molecule has 0 amide bonds. The number of nitrogens with zero attached hydrogens (tertiary/aromatic N) is 2. The highest BCUT2D eigenvalue weighted by atomic mass is 79.9. The second-order valence-electron chi connectivity index (χ2n) is 6.48. The third-order valence-electron chi connectivity index (χ3n) is 4.56. The fourth-order valence-corrected chi connectivity index (χ4v) is 3.62. The summed E-state index contributed by atoms with van der Waals surface area (Å²) in [5.74, 6) is 1.60. The molecule has 4 rings (SSSR count). The molecule has 2 aromatic carbocycles. The normalized spacial score (nSPS) is 13.2. The van der Waals surface area contributed by atoms with Crippen LogP contribution in [-0.4, -0.2) is 16.3 Å². The Labute approximate surface area is 150 Å². The van der Waals surface area contributed by atoms with Gasteiger partial charge in [-0.1, -0.05) is 60.1 Å². The third-order valence-corrected chi connectivity index (χ3v) is 5.08. The molecule has 0 unspecified atom stereocenters. The summed E-state index contributed by atoms with van der Waals surface area (Å²) >= 11 is 3.51. The second kappa shape index (κ2) is 6.10. The summed E-state index contributed by atoms with van der Waals surface area (Å²) in [7, 11) is 0. The zero-order valence-electron chi connectivity index (χ0n) is 13.9. The molecule has 0 saturated carbocycles. The van der Waals surface area contributed by atoms with Gasteiger partial charge >= 0.3 is 0 Å². The van der Waals surface area contributed by atoms with Gasteiger partial charge in [-0.05, 0) is 36.1 Å². The van der Waals surface area contributed by atoms with Gasteiger partial charge in [-0.25, -0.2) is 4.68 Å². The van der Waals surface area contributed by atoms with E-state index >= 15 is 0 Å². The van der Waals surface area contributed by atoms with Crippen LogP contribution in [0.3, 0.4) is 0 Å². The summed E-state index contributed by atoms with van der Waals surface area (Å²) in [6.45, 7) is 5.43. The first-order valence-electron chi connectivity index (χ1n) is 8.36. The summed E-state index contributed by atoms with van der Waals surface area (Å²) in [6, 6.07) is 17.0. The Morgan fingerprint density at radius 2 is 1.83 bits per heavy atom. The molecule has 0 saturated heterocycles. The average Bonchev–Trinajstić information content (AvgIpc) is 3.18. The number of benzene rings is 2. The van der Waals surface area contributed by atoms with Crippen LogP contribution in [0.5, 0.6) is 0 Å². The lowest BCUT2D eigenvalue weighted by atomic mass is 10.0. The van der Waals surface area contributed by atoms with Gasteiger partial charge in [-0.15, -0.1) is 0 Å². The minimum atomic E-state index is 0.457. The topological polar surface area (TPSA) is 29.9 Å². The molecule has 0 aliphatic carbocycles. The lowest BCUT2D eigenvalue weighted by Crippen LogP contribution is -2.07. The Morgan fingerprint density at radius 1 is 1.08 bits per heavy atom. The van der Waals surface area contributed by atoms with Crippen LogP contribution < -0.4 is 5.32 Å². The third kappa shape index (κ3) is 2.55. The molecular formula is C20H20BrN3. The molecule has 1 aromatic heterocycles. The fourth-order valence-electron chi connectivity index (χ4n) is 3.36. The van der Waals surface area contributed by atoms with Crippen molar-refractivity contribution in [1.29, 1.82) is 0 Å². The first kappa shape index (κ1) is 15.5. The molecule has 3 aromatic rings. The van der Waals surface area contributed by atoms with Crippen LogP contribution >= 0.6 is 15.9 Å². The van der Waals surface area contributed by atoms with Crippen LogP contribution in [-0.2, 0) is 6.42 Å². The van der Waals surface area contributed by atoms with Crippen molar-refractivity contribution >= 4 is 21.7 Å². The predicted octanol–water partition coefficient (Wildman–Crippen LogP) is 5.39. The van der Waals surface area contributed by atoms with Crippen molar-refractivity contribution in [3.63, 3.8) is 0 Å². The van der Waals surface area contributed by atoms with E-state index in [0.717, 1.165) is 29.0 Å². The first-order chi connectivity index (χ1) is 11.6. The Bertz CT molecular complexity index is 878. The second-order valence-corrected chi connectivity index (χ2v) is 7.40. The van der Waals surface area contributed by atoms with Crippen molar-refractivity contribution in [2.24, 2.45) is 0 Å². The molecule has 0 bridgehead atoms. The monoisotopic (exact) mass is 381 g/mol. The van der Waals surface area contributed by atoms with E-state index in [1.165, 1.54) is 22.4 Å². The van der Waals surface area contributed by atoms with Gasteiger partial charge in [0.1, 0.15) is 5.82 Å². The largest absolute Gasteiger partial charge is 0.369 e. The summed E-state index contributed by atoms with van der Waals surface area (Å²) < 4.78 is 3.18. The number of hydrogen-bond acceptors (Lipinski definition) is 2. The highest BCUT2D eigenvalue weighted by Crippen LogP contribution is 2.36. The molecule has 0 atom stereocenters. The maximum absolute atomic E-state index is 4.98. The van der Waals surface area contributed by atoms with Gasteiger partial charge in [0.15, 0.2) is 0 Å². The molecule has 3 nitrogen and oxygen atoms in total. The van der Waals surface area contributed by atoms with Crippen LogP contribution in [0.1, 0.15) is 30.9 Å². The van der Waals surface area contributed by atoms with Gasteiger partial charge in [0.2, 0.25) is 0 Å². The standard InChI is InChI=1S/C20H20BrN3/c1-13(2)16-5-3-4-6-18(16)24-20-17(11-12-22-20)19(23-24)14-7-9-15(21)10-8-14/h3-10,13,22H,11-12H2,1-2H3. The Hall–Kier alpha value is -2.07. The minimum Gasteiger partial charge on any atom is -0.369 e.